The summed E-state index contributed by atoms with van der Waals surface area (Å²) in [5.74, 6) is -0.868. The van der Waals surface area contributed by atoms with E-state index in [0.29, 0.717) is 34.3 Å². The Morgan fingerprint density at radius 2 is 1.50 bits per heavy atom. The molecule has 3 aromatic rings. The van der Waals surface area contributed by atoms with Crippen molar-refractivity contribution < 1.29 is 33.7 Å². The number of methoxy groups -OCH3 is 3. The van der Waals surface area contributed by atoms with Crippen LogP contribution in [0.25, 0.3) is 11.1 Å². The van der Waals surface area contributed by atoms with Gasteiger partial charge in [0, 0.05) is 18.5 Å². The Bertz CT molecular complexity index is 1330. The molecule has 0 saturated carbocycles. The summed E-state index contributed by atoms with van der Waals surface area (Å²) in [4.78, 5) is 39.0. The second-order valence-corrected chi connectivity index (χ2v) is 9.67. The van der Waals surface area contributed by atoms with Crippen LogP contribution in [0, 0.1) is 0 Å². The van der Waals surface area contributed by atoms with Gasteiger partial charge >= 0.3 is 5.97 Å². The van der Waals surface area contributed by atoms with E-state index in [1.807, 2.05) is 24.3 Å². The predicted molar refractivity (Wildman–Crippen MR) is 152 cm³/mol. The number of ether oxygens (including phenoxy) is 3. The Kier molecular flexibility index (Phi) is 10.1. The van der Waals surface area contributed by atoms with Gasteiger partial charge in [0.05, 0.1) is 21.3 Å². The minimum Gasteiger partial charge on any atom is -0.493 e. The molecule has 9 heteroatoms. The van der Waals surface area contributed by atoms with Crippen LogP contribution in [0.4, 0.5) is 0 Å². The molecule has 0 aliphatic carbocycles. The fourth-order valence-electron chi connectivity index (χ4n) is 4.51. The lowest BCUT2D eigenvalue weighted by atomic mass is 9.96. The minimum atomic E-state index is -1.16. The molecule has 3 aromatic carbocycles. The van der Waals surface area contributed by atoms with Crippen LogP contribution in [0.2, 0.25) is 0 Å². The van der Waals surface area contributed by atoms with Crippen molar-refractivity contribution in [2.45, 2.75) is 45.2 Å². The third-order valence-corrected chi connectivity index (χ3v) is 6.69. The summed E-state index contributed by atoms with van der Waals surface area (Å²) in [6.45, 7) is 4.20. The Morgan fingerprint density at radius 3 is 2.00 bits per heavy atom. The zero-order valence-electron chi connectivity index (χ0n) is 23.5. The molecule has 0 heterocycles. The van der Waals surface area contributed by atoms with Crippen molar-refractivity contribution in [2.24, 2.45) is 5.73 Å². The van der Waals surface area contributed by atoms with Gasteiger partial charge in [-0.1, -0.05) is 50.2 Å². The number of carboxylic acid groups (broad SMARTS) is 1. The first kappa shape index (κ1) is 30.0. The number of benzene rings is 3. The largest absolute Gasteiger partial charge is 0.493 e. The van der Waals surface area contributed by atoms with Gasteiger partial charge in [-0.15, -0.1) is 0 Å². The fourth-order valence-corrected chi connectivity index (χ4v) is 4.51. The van der Waals surface area contributed by atoms with Crippen LogP contribution in [0.1, 0.15) is 54.1 Å². The van der Waals surface area contributed by atoms with Crippen LogP contribution in [-0.2, 0) is 16.1 Å². The second-order valence-electron chi connectivity index (χ2n) is 9.67. The summed E-state index contributed by atoms with van der Waals surface area (Å²) >= 11 is 0. The Morgan fingerprint density at radius 1 is 0.875 bits per heavy atom. The topological polar surface area (TPSA) is 128 Å². The monoisotopic (exact) mass is 548 g/mol. The highest BCUT2D eigenvalue weighted by atomic mass is 16.5. The summed E-state index contributed by atoms with van der Waals surface area (Å²) in [6, 6.07) is 17.5. The zero-order valence-corrected chi connectivity index (χ0v) is 23.5. The number of carboxylic acids is 1. The van der Waals surface area contributed by atoms with E-state index in [1.165, 1.54) is 31.8 Å². The van der Waals surface area contributed by atoms with Crippen LogP contribution < -0.4 is 19.9 Å². The summed E-state index contributed by atoms with van der Waals surface area (Å²) in [5.41, 5.74) is 9.77. The van der Waals surface area contributed by atoms with Gasteiger partial charge in [-0.25, -0.2) is 0 Å². The Labute approximate surface area is 234 Å². The first-order valence-corrected chi connectivity index (χ1v) is 12.9. The molecule has 0 unspecified atom stereocenters. The Balaban J connectivity index is 2.01. The first-order chi connectivity index (χ1) is 19.1. The molecule has 2 amide bonds. The zero-order chi connectivity index (χ0) is 29.4. The smallest absolute Gasteiger partial charge is 0.303 e. The average Bonchev–Trinajstić information content (AvgIpc) is 2.95. The van der Waals surface area contributed by atoms with Crippen molar-refractivity contribution in [3.8, 4) is 28.4 Å². The molecule has 0 spiro atoms. The molecule has 212 valence electrons. The molecule has 0 aliphatic heterocycles. The first-order valence-electron chi connectivity index (χ1n) is 12.9. The molecule has 0 radical (unpaired) electrons. The van der Waals surface area contributed by atoms with Crippen molar-refractivity contribution in [2.75, 3.05) is 21.3 Å². The van der Waals surface area contributed by atoms with Crippen molar-refractivity contribution in [3.63, 3.8) is 0 Å². The van der Waals surface area contributed by atoms with Gasteiger partial charge in [0.1, 0.15) is 6.04 Å². The van der Waals surface area contributed by atoms with E-state index in [0.717, 1.165) is 11.1 Å². The minimum absolute atomic E-state index is 0.0546. The lowest BCUT2D eigenvalue weighted by molar-refractivity contribution is -0.137. The van der Waals surface area contributed by atoms with Crippen LogP contribution in [-0.4, -0.2) is 55.2 Å². The van der Waals surface area contributed by atoms with Crippen molar-refractivity contribution in [1.82, 2.24) is 4.90 Å². The van der Waals surface area contributed by atoms with Gasteiger partial charge < -0.3 is 30.0 Å². The van der Waals surface area contributed by atoms with Gasteiger partial charge in [-0.05, 0) is 58.9 Å². The number of nitrogens with zero attached hydrogens (tertiary/aromatic N) is 1. The molecule has 3 N–H and O–H groups in total. The SMILES string of the molecule is COc1cc(CN(C(=O)c2ccc(-c3cccc(C(C)C)c3)cc2)[C@@H](CCC(=O)O)C(N)=O)cc(OC)c1OC. The summed E-state index contributed by atoms with van der Waals surface area (Å²) in [6.07, 6.45) is -0.474. The van der Waals surface area contributed by atoms with Crippen LogP contribution in [0.5, 0.6) is 17.2 Å². The van der Waals surface area contributed by atoms with Gasteiger partial charge in [0.25, 0.3) is 5.91 Å². The number of hydrogen-bond donors (Lipinski definition) is 2. The van der Waals surface area contributed by atoms with Crippen LogP contribution in [0.15, 0.2) is 60.7 Å². The molecule has 40 heavy (non-hydrogen) atoms. The maximum atomic E-state index is 13.8. The van der Waals surface area contributed by atoms with Crippen LogP contribution >= 0.6 is 0 Å². The van der Waals surface area contributed by atoms with E-state index >= 15 is 0 Å². The van der Waals surface area contributed by atoms with E-state index in [4.69, 9.17) is 19.9 Å². The molecular weight excluding hydrogens is 512 g/mol. The van der Waals surface area contributed by atoms with E-state index in [1.54, 1.807) is 24.3 Å². The third kappa shape index (κ3) is 7.11. The number of nitrogens with two attached hydrogens (primary N) is 1. The molecule has 1 atom stereocenters. The molecule has 0 saturated heterocycles. The normalized spacial score (nSPS) is 11.6. The maximum absolute atomic E-state index is 13.8. The number of amides is 2. The highest BCUT2D eigenvalue weighted by Crippen LogP contribution is 2.39. The Hall–Kier alpha value is -4.53. The quantitative estimate of drug-likeness (QED) is 0.312. The molecule has 0 bridgehead atoms. The van der Waals surface area contributed by atoms with E-state index < -0.39 is 23.8 Å². The van der Waals surface area contributed by atoms with Gasteiger partial charge in [-0.3, -0.25) is 14.4 Å². The maximum Gasteiger partial charge on any atom is 0.303 e. The number of carbonyl (C=O) groups excluding carboxylic acids is 2. The number of primary amides is 1. The lowest BCUT2D eigenvalue weighted by Gasteiger charge is -2.30. The number of carbonyl (C=O) groups is 3. The highest BCUT2D eigenvalue weighted by molar-refractivity contribution is 5.98. The standard InChI is InChI=1S/C31H36N2O7/c1-19(2)23-7-6-8-24(17-23)21-9-11-22(12-10-21)31(37)33(25(30(32)36)13-14-28(34)35)18-20-15-26(38-3)29(40-5)27(16-20)39-4/h6-12,15-17,19,25H,13-14,18H2,1-5H3,(H2,32,36)(H,34,35)/t25-/m0/s1. The molecule has 0 aliphatic rings. The van der Waals surface area contributed by atoms with Gasteiger partial charge in [-0.2, -0.15) is 0 Å². The van der Waals surface area contributed by atoms with Crippen molar-refractivity contribution in [1.29, 1.82) is 0 Å². The van der Waals surface area contributed by atoms with Crippen LogP contribution in [0.3, 0.4) is 0 Å². The summed E-state index contributed by atoms with van der Waals surface area (Å²) in [5, 5.41) is 9.26. The van der Waals surface area contributed by atoms with E-state index in [2.05, 4.69) is 26.0 Å². The molecule has 0 fully saturated rings. The van der Waals surface area contributed by atoms with Crippen molar-refractivity contribution >= 4 is 17.8 Å². The molecular formula is C31H36N2O7. The van der Waals surface area contributed by atoms with Gasteiger partial charge in [0.2, 0.25) is 11.7 Å². The third-order valence-electron chi connectivity index (χ3n) is 6.69. The summed E-state index contributed by atoms with van der Waals surface area (Å²) < 4.78 is 16.3. The van der Waals surface area contributed by atoms with Crippen molar-refractivity contribution in [3.05, 3.63) is 77.4 Å². The molecule has 0 aromatic heterocycles. The predicted octanol–water partition coefficient (Wildman–Crippen LogP) is 4.86. The van der Waals surface area contributed by atoms with E-state index in [-0.39, 0.29) is 19.4 Å². The number of rotatable bonds is 13. The number of aliphatic carboxylic acids is 1. The number of hydrogen-bond acceptors (Lipinski definition) is 6. The van der Waals surface area contributed by atoms with Gasteiger partial charge in [0.15, 0.2) is 11.5 Å². The highest BCUT2D eigenvalue weighted by Gasteiger charge is 2.30. The second kappa shape index (κ2) is 13.5. The fraction of sp³-hybridized carbons (Fsp3) is 0.323. The molecule has 9 nitrogen and oxygen atoms in total. The van der Waals surface area contributed by atoms with E-state index in [9.17, 15) is 19.5 Å². The summed E-state index contributed by atoms with van der Waals surface area (Å²) in [7, 11) is 4.43. The lowest BCUT2D eigenvalue weighted by Crippen LogP contribution is -2.47. The molecule has 3 rings (SSSR count). The average molecular weight is 549 g/mol.